The molecule has 2 nitrogen and oxygen atoms in total. The van der Waals surface area contributed by atoms with Crippen molar-refractivity contribution >= 4 is 27.5 Å². The van der Waals surface area contributed by atoms with Gasteiger partial charge in [0.1, 0.15) is 0 Å². The van der Waals surface area contributed by atoms with E-state index >= 15 is 0 Å². The van der Waals surface area contributed by atoms with Gasteiger partial charge in [0.05, 0.1) is 6.61 Å². The third-order valence-corrected chi connectivity index (χ3v) is 4.46. The maximum Gasteiger partial charge on any atom is 0.205 e. The summed E-state index contributed by atoms with van der Waals surface area (Å²) in [5.41, 5.74) is 0.0993. The number of hydrogen-bond donors (Lipinski definition) is 0. The maximum atomic E-state index is 5.16. The molecule has 2 atom stereocenters. The van der Waals surface area contributed by atoms with E-state index in [0.717, 1.165) is 0 Å². The first-order chi connectivity index (χ1) is 8.63. The summed E-state index contributed by atoms with van der Waals surface area (Å²) in [6.07, 6.45) is 9.16. The first-order valence-electron chi connectivity index (χ1n) is 7.17. The number of thiocarbonyl (C=S) groups is 1. The van der Waals surface area contributed by atoms with E-state index in [1.807, 2.05) is 6.92 Å². The van der Waals surface area contributed by atoms with Gasteiger partial charge in [0.25, 0.3) is 0 Å². The lowest BCUT2D eigenvalue weighted by Crippen LogP contribution is -2.18. The van der Waals surface area contributed by atoms with Crippen LogP contribution in [0.3, 0.4) is 0 Å². The molecule has 0 saturated carbocycles. The first-order valence-corrected chi connectivity index (χ1v) is 8.16. The largest absolute Gasteiger partial charge is 0.330 e. The summed E-state index contributed by atoms with van der Waals surface area (Å²) >= 11 is 5.16. The van der Waals surface area contributed by atoms with Crippen molar-refractivity contribution < 1.29 is 9.78 Å². The highest BCUT2D eigenvalue weighted by Gasteiger charge is 2.18. The van der Waals surface area contributed by atoms with E-state index in [0.29, 0.717) is 17.6 Å². The monoisotopic (exact) mass is 287 g/mol. The van der Waals surface area contributed by atoms with Crippen LogP contribution < -0.4 is 0 Å². The Morgan fingerprint density at radius 3 is 2.33 bits per heavy atom. The predicted molar refractivity (Wildman–Crippen MR) is 82.0 cm³/mol. The quantitative estimate of drug-likeness (QED) is 0.181. The molecule has 0 heterocycles. The molecule has 0 aliphatic heterocycles. The average Bonchev–Trinajstić information content (AvgIpc) is 2.38. The van der Waals surface area contributed by atoms with Gasteiger partial charge in [0.15, 0.2) is 0 Å². The van der Waals surface area contributed by atoms with Crippen molar-refractivity contribution in [2.24, 2.45) is 5.92 Å². The summed E-state index contributed by atoms with van der Waals surface area (Å²) in [6.45, 7) is 6.85. The Morgan fingerprint density at radius 2 is 1.72 bits per heavy atom. The van der Waals surface area contributed by atoms with E-state index in [4.69, 9.17) is 22.0 Å². The molecule has 0 N–H and O–H groups in total. The highest BCUT2D eigenvalue weighted by atomic mass is 32.1. The normalized spacial score (nSPS) is 14.2. The van der Waals surface area contributed by atoms with Gasteiger partial charge in [-0.3, -0.25) is 0 Å². The minimum Gasteiger partial charge on any atom is -0.330 e. The molecule has 4 heteroatoms. The van der Waals surface area contributed by atoms with Gasteiger partial charge in [-0.1, -0.05) is 58.8 Å². The van der Waals surface area contributed by atoms with Crippen LogP contribution in [0.25, 0.3) is 0 Å². The van der Waals surface area contributed by atoms with Crippen molar-refractivity contribution in [3.05, 3.63) is 0 Å². The summed E-state index contributed by atoms with van der Waals surface area (Å²) in [5, 5.41) is 0.506. The molecule has 0 aliphatic rings. The third kappa shape index (κ3) is 9.06. The molecular weight excluding hydrogens is 260 g/mol. The van der Waals surface area contributed by atoms with Crippen LogP contribution in [0.5, 0.6) is 0 Å². The second kappa shape index (κ2) is 12.1. The van der Waals surface area contributed by atoms with Crippen LogP contribution in [0.1, 0.15) is 65.7 Å². The van der Waals surface area contributed by atoms with Crippen LogP contribution >= 0.6 is 12.2 Å². The Hall–Kier alpha value is 0.0669. The second-order valence-electron chi connectivity index (χ2n) is 4.82. The van der Waals surface area contributed by atoms with Crippen LogP contribution in [0.2, 0.25) is 5.54 Å². The van der Waals surface area contributed by atoms with E-state index in [-0.39, 0.29) is 5.54 Å². The fourth-order valence-corrected chi connectivity index (χ4v) is 2.31. The Balaban J connectivity index is 3.60. The summed E-state index contributed by atoms with van der Waals surface area (Å²) < 4.78 is 0. The smallest absolute Gasteiger partial charge is 0.205 e. The molecule has 0 aromatic carbocycles. The first kappa shape index (κ1) is 18.1. The fourth-order valence-electron chi connectivity index (χ4n) is 1.81. The van der Waals surface area contributed by atoms with Crippen LogP contribution in [0, 0.1) is 5.92 Å². The van der Waals surface area contributed by atoms with Gasteiger partial charge in [0.2, 0.25) is 5.05 Å². The summed E-state index contributed by atoms with van der Waals surface area (Å²) in [6, 6.07) is 0. The molecule has 0 fully saturated rings. The van der Waals surface area contributed by atoms with E-state index in [1.54, 1.807) is 0 Å². The lowest BCUT2D eigenvalue weighted by molar-refractivity contribution is -0.217. The zero-order valence-electron chi connectivity index (χ0n) is 12.0. The molecule has 0 bridgehead atoms. The maximum absolute atomic E-state index is 5.16. The van der Waals surface area contributed by atoms with Gasteiger partial charge < -0.3 is 4.89 Å². The number of hydrogen-bond acceptors (Lipinski definition) is 3. The lowest BCUT2D eigenvalue weighted by Gasteiger charge is -2.19. The molecule has 3 radical (unpaired) electrons. The van der Waals surface area contributed by atoms with Gasteiger partial charge in [-0.05, 0) is 25.1 Å². The topological polar surface area (TPSA) is 18.5 Å². The fraction of sp³-hybridized carbons (Fsp3) is 0.929. The lowest BCUT2D eigenvalue weighted by atomic mass is 9.99. The molecule has 2 unspecified atom stereocenters. The van der Waals surface area contributed by atoms with Crippen molar-refractivity contribution in [1.82, 2.24) is 0 Å². The van der Waals surface area contributed by atoms with Gasteiger partial charge in [-0.15, -0.1) is 0 Å². The van der Waals surface area contributed by atoms with E-state index < -0.39 is 0 Å². The molecular formula is C14H27O2SSi. The third-order valence-electron chi connectivity index (χ3n) is 3.09. The van der Waals surface area contributed by atoms with Crippen LogP contribution in [-0.2, 0) is 9.78 Å². The number of rotatable bonds is 11. The molecule has 105 valence electrons. The van der Waals surface area contributed by atoms with Crippen molar-refractivity contribution in [3.63, 3.8) is 0 Å². The summed E-state index contributed by atoms with van der Waals surface area (Å²) in [4.78, 5) is 9.88. The van der Waals surface area contributed by atoms with Crippen LogP contribution in [0.15, 0.2) is 0 Å². The van der Waals surface area contributed by atoms with Crippen molar-refractivity contribution in [1.29, 1.82) is 0 Å². The Kier molecular flexibility index (Phi) is 12.2. The Morgan fingerprint density at radius 1 is 1.11 bits per heavy atom. The molecule has 0 aliphatic carbocycles. The zero-order chi connectivity index (χ0) is 13.8. The summed E-state index contributed by atoms with van der Waals surface area (Å²) in [7, 11) is 3.64. The van der Waals surface area contributed by atoms with Crippen LogP contribution in [0.4, 0.5) is 0 Å². The van der Waals surface area contributed by atoms with Gasteiger partial charge in [0, 0.05) is 15.8 Å². The summed E-state index contributed by atoms with van der Waals surface area (Å²) in [5.74, 6) is 0.487. The van der Waals surface area contributed by atoms with Gasteiger partial charge in [-0.2, -0.15) is 4.89 Å². The van der Waals surface area contributed by atoms with Gasteiger partial charge in [-0.25, -0.2) is 0 Å². The SMILES string of the molecule is CCCCCCCCC(C)C([Si])C(=S)OOCC. The van der Waals surface area contributed by atoms with E-state index in [9.17, 15) is 0 Å². The number of unbranched alkanes of at least 4 members (excludes halogenated alkanes) is 5. The second-order valence-corrected chi connectivity index (χ2v) is 5.84. The van der Waals surface area contributed by atoms with Crippen molar-refractivity contribution in [2.75, 3.05) is 6.61 Å². The Labute approximate surface area is 121 Å². The molecule has 0 rings (SSSR count). The van der Waals surface area contributed by atoms with E-state index in [1.165, 1.54) is 44.9 Å². The molecule has 18 heavy (non-hydrogen) atoms. The standard InChI is InChI=1S/C14H27O2SSi/c1-4-6-7-8-9-10-11-12(3)13(18)14(17)16-15-5-2/h12-13H,4-11H2,1-3H3. The van der Waals surface area contributed by atoms with Gasteiger partial charge >= 0.3 is 0 Å². The highest BCUT2D eigenvalue weighted by molar-refractivity contribution is 7.80. The molecule has 0 aromatic rings. The van der Waals surface area contributed by atoms with E-state index in [2.05, 4.69) is 24.1 Å². The molecule has 0 spiro atoms. The molecule has 0 saturated heterocycles. The van der Waals surface area contributed by atoms with Crippen molar-refractivity contribution in [3.8, 4) is 0 Å². The van der Waals surface area contributed by atoms with Crippen molar-refractivity contribution in [2.45, 2.75) is 71.3 Å². The highest BCUT2D eigenvalue weighted by Crippen LogP contribution is 2.23. The minimum atomic E-state index is 0.0993. The van der Waals surface area contributed by atoms with Crippen LogP contribution in [-0.4, -0.2) is 21.9 Å². The average molecular weight is 288 g/mol. The minimum absolute atomic E-state index is 0.0993. The molecule has 0 amide bonds. The predicted octanol–water partition coefficient (Wildman–Crippen LogP) is 4.63. The molecule has 0 aromatic heterocycles. The Bertz CT molecular complexity index is 212. The zero-order valence-corrected chi connectivity index (χ0v) is 13.9.